The number of carbonyl (C=O) groups is 2. The van der Waals surface area contributed by atoms with Gasteiger partial charge in [0.15, 0.2) is 0 Å². The molecule has 2 amide bonds. The Morgan fingerprint density at radius 3 is 2.68 bits per heavy atom. The fraction of sp³-hybridized carbons (Fsp3) is 0.529. The van der Waals surface area contributed by atoms with E-state index >= 15 is 0 Å². The monoisotopic (exact) mass is 304 g/mol. The van der Waals surface area contributed by atoms with Crippen LogP contribution in [0.3, 0.4) is 0 Å². The number of carbonyl (C=O) groups excluding carboxylic acids is 2. The average Bonchev–Trinajstić information content (AvgIpc) is 2.60. The van der Waals surface area contributed by atoms with E-state index in [2.05, 4.69) is 5.32 Å². The van der Waals surface area contributed by atoms with Gasteiger partial charge in [0.25, 0.3) is 5.91 Å². The number of aliphatic hydroxyl groups is 1. The Labute approximate surface area is 131 Å². The molecule has 1 aliphatic rings. The van der Waals surface area contributed by atoms with Gasteiger partial charge in [0.1, 0.15) is 11.6 Å². The van der Waals surface area contributed by atoms with Crippen molar-refractivity contribution < 1.29 is 14.7 Å². The van der Waals surface area contributed by atoms with Crippen LogP contribution in [0.15, 0.2) is 24.3 Å². The Kier molecular flexibility index (Phi) is 4.56. The molecule has 2 atom stereocenters. The van der Waals surface area contributed by atoms with Crippen molar-refractivity contribution in [2.75, 3.05) is 5.32 Å². The molecule has 120 valence electrons. The third kappa shape index (κ3) is 3.14. The van der Waals surface area contributed by atoms with Crippen LogP contribution in [0.1, 0.15) is 39.7 Å². The second-order valence-electron chi connectivity index (χ2n) is 6.47. The molecule has 0 aliphatic carbocycles. The number of para-hydroxylation sites is 1. The van der Waals surface area contributed by atoms with Gasteiger partial charge >= 0.3 is 0 Å². The summed E-state index contributed by atoms with van der Waals surface area (Å²) in [6, 6.07) is 6.86. The van der Waals surface area contributed by atoms with Gasteiger partial charge < -0.3 is 15.3 Å². The number of anilines is 1. The van der Waals surface area contributed by atoms with E-state index in [0.29, 0.717) is 6.54 Å². The van der Waals surface area contributed by atoms with Crippen LogP contribution < -0.4 is 5.32 Å². The fourth-order valence-electron chi connectivity index (χ4n) is 2.75. The van der Waals surface area contributed by atoms with E-state index in [4.69, 9.17) is 0 Å². The van der Waals surface area contributed by atoms with Gasteiger partial charge in [-0.2, -0.15) is 0 Å². The lowest BCUT2D eigenvalue weighted by atomic mass is 9.95. The zero-order valence-corrected chi connectivity index (χ0v) is 13.6. The normalized spacial score (nSPS) is 20.0. The first-order valence-corrected chi connectivity index (χ1v) is 7.68. The minimum absolute atomic E-state index is 0.000567. The Bertz CT molecular complexity index is 578. The summed E-state index contributed by atoms with van der Waals surface area (Å²) < 4.78 is 0. The molecule has 5 heteroatoms. The smallest absolute Gasteiger partial charge is 0.254 e. The van der Waals surface area contributed by atoms with Gasteiger partial charge in [-0.3, -0.25) is 9.59 Å². The molecule has 0 spiro atoms. The van der Waals surface area contributed by atoms with Crippen LogP contribution in [0, 0.1) is 5.92 Å². The van der Waals surface area contributed by atoms with Crippen molar-refractivity contribution >= 4 is 17.5 Å². The van der Waals surface area contributed by atoms with E-state index in [9.17, 15) is 14.7 Å². The second kappa shape index (κ2) is 6.08. The van der Waals surface area contributed by atoms with Crippen molar-refractivity contribution in [2.24, 2.45) is 5.92 Å². The summed E-state index contributed by atoms with van der Waals surface area (Å²) in [7, 11) is 0. The Morgan fingerprint density at radius 1 is 1.45 bits per heavy atom. The standard InChI is InChI=1S/C17H24N2O3/c1-5-11(2)14-15(20)18-13-9-7-6-8-12(13)10-19(14)16(21)17(3,4)22/h6-9,11,14,22H,5,10H2,1-4H3,(H,18,20). The van der Waals surface area contributed by atoms with Gasteiger partial charge in [-0.25, -0.2) is 0 Å². The second-order valence-corrected chi connectivity index (χ2v) is 6.47. The number of hydrogen-bond acceptors (Lipinski definition) is 3. The van der Waals surface area contributed by atoms with E-state index in [-0.39, 0.29) is 11.8 Å². The molecule has 22 heavy (non-hydrogen) atoms. The van der Waals surface area contributed by atoms with Crippen molar-refractivity contribution in [3.05, 3.63) is 29.8 Å². The van der Waals surface area contributed by atoms with Crippen LogP contribution in [0.25, 0.3) is 0 Å². The lowest BCUT2D eigenvalue weighted by Gasteiger charge is -2.35. The van der Waals surface area contributed by atoms with E-state index in [1.165, 1.54) is 18.7 Å². The van der Waals surface area contributed by atoms with Gasteiger partial charge in [-0.05, 0) is 31.4 Å². The highest BCUT2D eigenvalue weighted by Crippen LogP contribution is 2.28. The summed E-state index contributed by atoms with van der Waals surface area (Å²) >= 11 is 0. The molecule has 0 bridgehead atoms. The lowest BCUT2D eigenvalue weighted by molar-refractivity contribution is -0.155. The number of hydrogen-bond donors (Lipinski definition) is 2. The molecule has 1 aromatic carbocycles. The highest BCUT2D eigenvalue weighted by Gasteiger charge is 2.40. The van der Waals surface area contributed by atoms with Crippen LogP contribution in [0.5, 0.6) is 0 Å². The van der Waals surface area contributed by atoms with Gasteiger partial charge in [0, 0.05) is 12.2 Å². The Morgan fingerprint density at radius 2 is 2.09 bits per heavy atom. The first-order chi connectivity index (χ1) is 10.3. The summed E-state index contributed by atoms with van der Waals surface area (Å²) in [5.74, 6) is -0.623. The predicted molar refractivity (Wildman–Crippen MR) is 85.2 cm³/mol. The van der Waals surface area contributed by atoms with Gasteiger partial charge in [-0.1, -0.05) is 38.5 Å². The SMILES string of the molecule is CCC(C)C1C(=O)Nc2ccccc2CN1C(=O)C(C)(C)O. The number of nitrogens with zero attached hydrogens (tertiary/aromatic N) is 1. The molecule has 5 nitrogen and oxygen atoms in total. The van der Waals surface area contributed by atoms with Crippen molar-refractivity contribution in [1.82, 2.24) is 4.90 Å². The third-order valence-corrected chi connectivity index (χ3v) is 4.19. The molecule has 2 rings (SSSR count). The third-order valence-electron chi connectivity index (χ3n) is 4.19. The molecule has 0 aromatic heterocycles. The highest BCUT2D eigenvalue weighted by molar-refractivity contribution is 6.00. The van der Waals surface area contributed by atoms with Crippen LogP contribution in [-0.4, -0.2) is 33.5 Å². The number of fused-ring (bicyclic) bond motifs is 1. The molecule has 1 aliphatic heterocycles. The minimum atomic E-state index is -1.51. The fourth-order valence-corrected chi connectivity index (χ4v) is 2.75. The largest absolute Gasteiger partial charge is 0.381 e. The number of benzene rings is 1. The molecular formula is C17H24N2O3. The maximum Gasteiger partial charge on any atom is 0.254 e. The van der Waals surface area contributed by atoms with Crippen LogP contribution in [0.2, 0.25) is 0 Å². The van der Waals surface area contributed by atoms with E-state index in [1.807, 2.05) is 38.1 Å². The first-order valence-electron chi connectivity index (χ1n) is 7.68. The number of nitrogens with one attached hydrogen (secondary N) is 1. The van der Waals surface area contributed by atoms with Crippen LogP contribution in [-0.2, 0) is 16.1 Å². The van der Waals surface area contributed by atoms with Crippen molar-refractivity contribution in [1.29, 1.82) is 0 Å². The summed E-state index contributed by atoms with van der Waals surface area (Å²) in [4.78, 5) is 26.8. The lowest BCUT2D eigenvalue weighted by Crippen LogP contribution is -2.54. The minimum Gasteiger partial charge on any atom is -0.381 e. The van der Waals surface area contributed by atoms with Crippen LogP contribution >= 0.6 is 0 Å². The molecule has 0 fully saturated rings. The van der Waals surface area contributed by atoms with Crippen molar-refractivity contribution in [3.8, 4) is 0 Å². The summed E-state index contributed by atoms with van der Waals surface area (Å²) in [5.41, 5.74) is 0.0942. The van der Waals surface area contributed by atoms with E-state index in [1.54, 1.807) is 0 Å². The quantitative estimate of drug-likeness (QED) is 0.899. The maximum absolute atomic E-state index is 12.7. The molecule has 2 unspecified atom stereocenters. The topological polar surface area (TPSA) is 69.6 Å². The molecular weight excluding hydrogens is 280 g/mol. The Balaban J connectivity index is 2.48. The first kappa shape index (κ1) is 16.5. The van der Waals surface area contributed by atoms with Crippen molar-refractivity contribution in [2.45, 2.75) is 52.3 Å². The van der Waals surface area contributed by atoms with Crippen molar-refractivity contribution in [3.63, 3.8) is 0 Å². The van der Waals surface area contributed by atoms with Crippen LogP contribution in [0.4, 0.5) is 5.69 Å². The number of amides is 2. The van der Waals surface area contributed by atoms with E-state index < -0.39 is 17.6 Å². The number of rotatable bonds is 3. The maximum atomic E-state index is 12.7. The molecule has 0 saturated heterocycles. The molecule has 2 N–H and O–H groups in total. The molecule has 1 aromatic rings. The predicted octanol–water partition coefficient (Wildman–Crippen LogP) is 2.15. The molecule has 1 heterocycles. The van der Waals surface area contributed by atoms with E-state index in [0.717, 1.165) is 17.7 Å². The van der Waals surface area contributed by atoms with Gasteiger partial charge in [0.05, 0.1) is 0 Å². The molecule has 0 radical (unpaired) electrons. The van der Waals surface area contributed by atoms with Gasteiger partial charge in [-0.15, -0.1) is 0 Å². The average molecular weight is 304 g/mol. The summed E-state index contributed by atoms with van der Waals surface area (Å²) in [5, 5.41) is 13.0. The summed E-state index contributed by atoms with van der Waals surface area (Å²) in [6.07, 6.45) is 0.768. The molecule has 0 saturated carbocycles. The zero-order chi connectivity index (χ0) is 16.5. The zero-order valence-electron chi connectivity index (χ0n) is 13.6. The summed E-state index contributed by atoms with van der Waals surface area (Å²) in [6.45, 7) is 7.16. The van der Waals surface area contributed by atoms with Gasteiger partial charge in [0.2, 0.25) is 5.91 Å². The highest BCUT2D eigenvalue weighted by atomic mass is 16.3. The Hall–Kier alpha value is -1.88.